The molecule has 0 unspecified atom stereocenters. The van der Waals surface area contributed by atoms with Crippen LogP contribution in [0.1, 0.15) is 18.7 Å². The lowest BCUT2D eigenvalue weighted by atomic mass is 9.98. The number of rotatable bonds is 2. The average Bonchev–Trinajstić information content (AvgIpc) is 2.98. The topological polar surface area (TPSA) is 51.0 Å². The van der Waals surface area contributed by atoms with Gasteiger partial charge in [-0.25, -0.2) is 4.39 Å². The van der Waals surface area contributed by atoms with Gasteiger partial charge < -0.3 is 9.84 Å². The first-order valence-corrected chi connectivity index (χ1v) is 6.05. The zero-order valence-electron chi connectivity index (χ0n) is 10.1. The Bertz CT molecular complexity index is 555. The molecule has 0 spiro atoms. The van der Waals surface area contributed by atoms with Gasteiger partial charge in [0.05, 0.1) is 11.5 Å². The molecule has 3 rings (SSSR count). The summed E-state index contributed by atoms with van der Waals surface area (Å²) < 4.78 is 18.9. The summed E-state index contributed by atoms with van der Waals surface area (Å²) in [6, 6.07) is 6.45. The molecule has 94 valence electrons. The molecular weight excluding hydrogens is 233 g/mol. The van der Waals surface area contributed by atoms with E-state index in [0.717, 1.165) is 13.1 Å². The molecule has 0 radical (unpaired) electrons. The Morgan fingerprint density at radius 2 is 2.17 bits per heavy atom. The maximum absolute atomic E-state index is 13.6. The SMILES string of the molecule is C[C@@H]1CNC[C@H]1c1nc(-c2ccccc2F)no1. The first-order valence-electron chi connectivity index (χ1n) is 6.05. The number of nitrogens with zero attached hydrogens (tertiary/aromatic N) is 2. The third-order valence-electron chi connectivity index (χ3n) is 3.39. The molecule has 0 aliphatic carbocycles. The third kappa shape index (κ3) is 1.90. The van der Waals surface area contributed by atoms with Crippen molar-refractivity contribution in [2.45, 2.75) is 12.8 Å². The van der Waals surface area contributed by atoms with Crippen molar-refractivity contribution in [2.24, 2.45) is 5.92 Å². The van der Waals surface area contributed by atoms with E-state index in [2.05, 4.69) is 22.4 Å². The zero-order valence-corrected chi connectivity index (χ0v) is 10.1. The van der Waals surface area contributed by atoms with Gasteiger partial charge in [-0.15, -0.1) is 0 Å². The number of halogens is 1. The van der Waals surface area contributed by atoms with Gasteiger partial charge in [0.2, 0.25) is 11.7 Å². The second kappa shape index (κ2) is 4.49. The standard InChI is InChI=1S/C13H14FN3O/c1-8-6-15-7-10(8)13-16-12(17-18-13)9-4-2-3-5-11(9)14/h2-5,8,10,15H,6-7H2,1H3/t8-,10-/m1/s1. The molecule has 18 heavy (non-hydrogen) atoms. The Morgan fingerprint density at radius 1 is 1.33 bits per heavy atom. The fraction of sp³-hybridized carbons (Fsp3) is 0.385. The molecule has 1 N–H and O–H groups in total. The highest BCUT2D eigenvalue weighted by molar-refractivity contribution is 5.54. The Balaban J connectivity index is 1.92. The molecular formula is C13H14FN3O. The minimum Gasteiger partial charge on any atom is -0.339 e. The van der Waals surface area contributed by atoms with Crippen molar-refractivity contribution >= 4 is 0 Å². The summed E-state index contributed by atoms with van der Waals surface area (Å²) in [5.74, 6) is 1.26. The van der Waals surface area contributed by atoms with Crippen molar-refractivity contribution in [2.75, 3.05) is 13.1 Å². The smallest absolute Gasteiger partial charge is 0.231 e. The van der Waals surface area contributed by atoms with Gasteiger partial charge in [-0.2, -0.15) is 4.98 Å². The van der Waals surface area contributed by atoms with E-state index in [9.17, 15) is 4.39 Å². The molecule has 1 aromatic heterocycles. The molecule has 0 saturated carbocycles. The fourth-order valence-corrected chi connectivity index (χ4v) is 2.28. The van der Waals surface area contributed by atoms with Crippen LogP contribution >= 0.6 is 0 Å². The summed E-state index contributed by atoms with van der Waals surface area (Å²) in [5.41, 5.74) is 0.381. The minimum atomic E-state index is -0.331. The molecule has 1 aliphatic heterocycles. The van der Waals surface area contributed by atoms with Crippen molar-refractivity contribution < 1.29 is 8.91 Å². The van der Waals surface area contributed by atoms with Crippen molar-refractivity contribution in [3.8, 4) is 11.4 Å². The summed E-state index contributed by atoms with van der Waals surface area (Å²) in [7, 11) is 0. The first kappa shape index (κ1) is 11.3. The van der Waals surface area contributed by atoms with E-state index in [4.69, 9.17) is 4.52 Å². The average molecular weight is 247 g/mol. The Hall–Kier alpha value is -1.75. The van der Waals surface area contributed by atoms with Crippen LogP contribution in [0, 0.1) is 11.7 Å². The van der Waals surface area contributed by atoms with Gasteiger partial charge in [-0.3, -0.25) is 0 Å². The highest BCUT2D eigenvalue weighted by Crippen LogP contribution is 2.28. The lowest BCUT2D eigenvalue weighted by molar-refractivity contribution is 0.340. The number of hydrogen-bond acceptors (Lipinski definition) is 4. The molecule has 2 heterocycles. The van der Waals surface area contributed by atoms with Gasteiger partial charge in [0.25, 0.3) is 0 Å². The van der Waals surface area contributed by atoms with Crippen LogP contribution in [0.4, 0.5) is 4.39 Å². The van der Waals surface area contributed by atoms with Gasteiger partial charge >= 0.3 is 0 Å². The number of hydrogen-bond donors (Lipinski definition) is 1. The molecule has 5 heteroatoms. The number of nitrogens with one attached hydrogen (secondary N) is 1. The molecule has 2 atom stereocenters. The van der Waals surface area contributed by atoms with Crippen LogP contribution in [0.5, 0.6) is 0 Å². The third-order valence-corrected chi connectivity index (χ3v) is 3.39. The Kier molecular flexibility index (Phi) is 2.83. The molecule has 4 nitrogen and oxygen atoms in total. The fourth-order valence-electron chi connectivity index (χ4n) is 2.28. The normalized spacial score (nSPS) is 23.4. The molecule has 1 fully saturated rings. The monoisotopic (exact) mass is 247 g/mol. The predicted octanol–water partition coefficient (Wildman–Crippen LogP) is 2.20. The van der Waals surface area contributed by atoms with Crippen LogP contribution in [0.2, 0.25) is 0 Å². The minimum absolute atomic E-state index is 0.220. The van der Waals surface area contributed by atoms with Gasteiger partial charge in [0.15, 0.2) is 0 Å². The van der Waals surface area contributed by atoms with E-state index in [-0.39, 0.29) is 11.7 Å². The van der Waals surface area contributed by atoms with Crippen molar-refractivity contribution in [3.63, 3.8) is 0 Å². The summed E-state index contributed by atoms with van der Waals surface area (Å²) in [5, 5.41) is 7.15. The second-order valence-corrected chi connectivity index (χ2v) is 4.68. The summed E-state index contributed by atoms with van der Waals surface area (Å²) in [4.78, 5) is 4.32. The maximum atomic E-state index is 13.6. The van der Waals surface area contributed by atoms with E-state index in [1.165, 1.54) is 6.07 Å². The largest absolute Gasteiger partial charge is 0.339 e. The van der Waals surface area contributed by atoms with E-state index >= 15 is 0 Å². The highest BCUT2D eigenvalue weighted by Gasteiger charge is 2.29. The summed E-state index contributed by atoms with van der Waals surface area (Å²) >= 11 is 0. The van der Waals surface area contributed by atoms with Gasteiger partial charge in [-0.1, -0.05) is 24.2 Å². The predicted molar refractivity (Wildman–Crippen MR) is 64.5 cm³/mol. The van der Waals surface area contributed by atoms with Crippen LogP contribution in [0.3, 0.4) is 0 Å². The first-order chi connectivity index (χ1) is 8.75. The molecule has 2 aromatic rings. The van der Waals surface area contributed by atoms with Gasteiger partial charge in [-0.05, 0) is 24.6 Å². The lowest BCUT2D eigenvalue weighted by Gasteiger charge is -2.07. The second-order valence-electron chi connectivity index (χ2n) is 4.68. The van der Waals surface area contributed by atoms with Crippen LogP contribution in [0.25, 0.3) is 11.4 Å². The summed E-state index contributed by atoms with van der Waals surface area (Å²) in [6.45, 7) is 3.92. The van der Waals surface area contributed by atoms with E-state index in [1.807, 2.05) is 0 Å². The van der Waals surface area contributed by atoms with E-state index < -0.39 is 0 Å². The number of benzene rings is 1. The van der Waals surface area contributed by atoms with Crippen LogP contribution in [-0.4, -0.2) is 23.2 Å². The van der Waals surface area contributed by atoms with E-state index in [1.54, 1.807) is 18.2 Å². The molecule has 1 aliphatic rings. The summed E-state index contributed by atoms with van der Waals surface area (Å²) in [6.07, 6.45) is 0. The Morgan fingerprint density at radius 3 is 2.89 bits per heavy atom. The van der Waals surface area contributed by atoms with Crippen molar-refractivity contribution in [1.82, 2.24) is 15.5 Å². The zero-order chi connectivity index (χ0) is 12.5. The maximum Gasteiger partial charge on any atom is 0.231 e. The van der Waals surface area contributed by atoms with Crippen LogP contribution < -0.4 is 5.32 Å². The van der Waals surface area contributed by atoms with Gasteiger partial charge in [0, 0.05) is 6.54 Å². The quantitative estimate of drug-likeness (QED) is 0.883. The van der Waals surface area contributed by atoms with Crippen molar-refractivity contribution in [3.05, 3.63) is 36.0 Å². The van der Waals surface area contributed by atoms with Crippen LogP contribution in [0.15, 0.2) is 28.8 Å². The highest BCUT2D eigenvalue weighted by atomic mass is 19.1. The lowest BCUT2D eigenvalue weighted by Crippen LogP contribution is -2.08. The molecule has 1 aromatic carbocycles. The Labute approximate surface area is 104 Å². The van der Waals surface area contributed by atoms with Gasteiger partial charge in [0.1, 0.15) is 5.82 Å². The van der Waals surface area contributed by atoms with Crippen LogP contribution in [-0.2, 0) is 0 Å². The van der Waals surface area contributed by atoms with E-state index in [0.29, 0.717) is 23.2 Å². The molecule has 0 bridgehead atoms. The van der Waals surface area contributed by atoms with Crippen molar-refractivity contribution in [1.29, 1.82) is 0 Å². The molecule has 0 amide bonds. The number of aromatic nitrogens is 2. The molecule has 1 saturated heterocycles.